The second kappa shape index (κ2) is 6.29. The molecular formula is C15H17FN2O. The lowest BCUT2D eigenvalue weighted by atomic mass is 10.0. The van der Waals surface area contributed by atoms with Crippen molar-refractivity contribution in [3.05, 3.63) is 60.0 Å². The molecule has 19 heavy (non-hydrogen) atoms. The van der Waals surface area contributed by atoms with E-state index in [1.54, 1.807) is 24.2 Å². The predicted octanol–water partition coefficient (Wildman–Crippen LogP) is 2.78. The average Bonchev–Trinajstić information content (AvgIpc) is 2.45. The van der Waals surface area contributed by atoms with Crippen molar-refractivity contribution in [3.8, 4) is 0 Å². The van der Waals surface area contributed by atoms with Gasteiger partial charge < -0.3 is 10.0 Å². The van der Waals surface area contributed by atoms with Crippen LogP contribution in [0, 0.1) is 5.82 Å². The molecule has 1 heterocycles. The molecule has 0 spiro atoms. The van der Waals surface area contributed by atoms with Crippen LogP contribution in [0.25, 0.3) is 0 Å². The average molecular weight is 260 g/mol. The minimum Gasteiger partial charge on any atom is -0.396 e. The summed E-state index contributed by atoms with van der Waals surface area (Å²) in [5.41, 5.74) is 1.03. The summed E-state index contributed by atoms with van der Waals surface area (Å²) in [6, 6.07) is 12.6. The molecule has 0 saturated carbocycles. The number of aliphatic hydroxyl groups is 1. The van der Waals surface area contributed by atoms with E-state index >= 15 is 0 Å². The number of aliphatic hydroxyl groups excluding tert-OH is 1. The lowest BCUT2D eigenvalue weighted by Gasteiger charge is -2.29. The fourth-order valence-electron chi connectivity index (χ4n) is 2.17. The van der Waals surface area contributed by atoms with Gasteiger partial charge in [0.05, 0.1) is 6.04 Å². The van der Waals surface area contributed by atoms with Gasteiger partial charge in [-0.05, 0) is 24.1 Å². The highest BCUT2D eigenvalue weighted by Crippen LogP contribution is 2.28. The SMILES string of the molecule is CN(c1ncccc1F)[C@H](CCO)c1ccccc1. The highest BCUT2D eigenvalue weighted by molar-refractivity contribution is 5.42. The lowest BCUT2D eigenvalue weighted by Crippen LogP contribution is -2.26. The van der Waals surface area contributed by atoms with Gasteiger partial charge in [0.25, 0.3) is 0 Å². The van der Waals surface area contributed by atoms with Crippen LogP contribution >= 0.6 is 0 Å². The molecule has 1 atom stereocenters. The van der Waals surface area contributed by atoms with Gasteiger partial charge in [-0.15, -0.1) is 0 Å². The highest BCUT2D eigenvalue weighted by Gasteiger charge is 2.20. The summed E-state index contributed by atoms with van der Waals surface area (Å²) in [6.07, 6.45) is 2.09. The highest BCUT2D eigenvalue weighted by atomic mass is 19.1. The van der Waals surface area contributed by atoms with Crippen LogP contribution in [0.4, 0.5) is 10.2 Å². The van der Waals surface area contributed by atoms with Crippen LogP contribution in [-0.4, -0.2) is 23.7 Å². The molecule has 0 amide bonds. The second-order valence-corrected chi connectivity index (χ2v) is 4.36. The Bertz CT molecular complexity index is 519. The van der Waals surface area contributed by atoms with Crippen molar-refractivity contribution >= 4 is 5.82 Å². The Morgan fingerprint density at radius 3 is 2.58 bits per heavy atom. The molecule has 0 aliphatic heterocycles. The van der Waals surface area contributed by atoms with Gasteiger partial charge in [0.1, 0.15) is 0 Å². The fourth-order valence-corrected chi connectivity index (χ4v) is 2.17. The number of hydrogen-bond acceptors (Lipinski definition) is 3. The fraction of sp³-hybridized carbons (Fsp3) is 0.267. The molecule has 0 fully saturated rings. The molecule has 0 unspecified atom stereocenters. The van der Waals surface area contributed by atoms with Crippen molar-refractivity contribution in [1.29, 1.82) is 0 Å². The van der Waals surface area contributed by atoms with Gasteiger partial charge >= 0.3 is 0 Å². The maximum absolute atomic E-state index is 13.8. The van der Waals surface area contributed by atoms with Gasteiger partial charge in [-0.1, -0.05) is 30.3 Å². The molecule has 0 bridgehead atoms. The van der Waals surface area contributed by atoms with Crippen LogP contribution < -0.4 is 4.90 Å². The van der Waals surface area contributed by atoms with Crippen LogP contribution in [-0.2, 0) is 0 Å². The van der Waals surface area contributed by atoms with Crippen molar-refractivity contribution in [2.75, 3.05) is 18.6 Å². The molecular weight excluding hydrogens is 243 g/mol. The Kier molecular flexibility index (Phi) is 4.47. The van der Waals surface area contributed by atoms with E-state index in [1.165, 1.54) is 6.07 Å². The molecule has 3 nitrogen and oxygen atoms in total. The minimum atomic E-state index is -0.358. The van der Waals surface area contributed by atoms with Crippen LogP contribution in [0.5, 0.6) is 0 Å². The minimum absolute atomic E-state index is 0.0400. The van der Waals surface area contributed by atoms with Gasteiger partial charge in [-0.25, -0.2) is 9.37 Å². The Balaban J connectivity index is 2.32. The number of nitrogens with zero attached hydrogens (tertiary/aromatic N) is 2. The Morgan fingerprint density at radius 2 is 1.95 bits per heavy atom. The largest absolute Gasteiger partial charge is 0.396 e. The number of rotatable bonds is 5. The maximum Gasteiger partial charge on any atom is 0.165 e. The summed E-state index contributed by atoms with van der Waals surface area (Å²) in [4.78, 5) is 5.84. The summed E-state index contributed by atoms with van der Waals surface area (Å²) in [7, 11) is 1.79. The van der Waals surface area contributed by atoms with E-state index in [2.05, 4.69) is 4.98 Å². The quantitative estimate of drug-likeness (QED) is 0.898. The summed E-state index contributed by atoms with van der Waals surface area (Å²) >= 11 is 0. The number of pyridine rings is 1. The molecule has 0 aliphatic carbocycles. The second-order valence-electron chi connectivity index (χ2n) is 4.36. The number of hydrogen-bond donors (Lipinski definition) is 1. The molecule has 1 aromatic heterocycles. The van der Waals surface area contributed by atoms with Gasteiger partial charge in [-0.3, -0.25) is 0 Å². The zero-order chi connectivity index (χ0) is 13.7. The van der Waals surface area contributed by atoms with Crippen molar-refractivity contribution in [2.24, 2.45) is 0 Å². The third kappa shape index (κ3) is 3.09. The van der Waals surface area contributed by atoms with Crippen molar-refractivity contribution < 1.29 is 9.50 Å². The van der Waals surface area contributed by atoms with Gasteiger partial charge in [-0.2, -0.15) is 0 Å². The van der Waals surface area contributed by atoms with E-state index in [0.717, 1.165) is 5.56 Å². The van der Waals surface area contributed by atoms with Crippen molar-refractivity contribution in [1.82, 2.24) is 4.98 Å². The topological polar surface area (TPSA) is 36.4 Å². The first-order valence-corrected chi connectivity index (χ1v) is 6.23. The molecule has 0 saturated heterocycles. The van der Waals surface area contributed by atoms with Gasteiger partial charge in [0, 0.05) is 19.9 Å². The predicted molar refractivity (Wildman–Crippen MR) is 73.5 cm³/mol. The molecule has 4 heteroatoms. The summed E-state index contributed by atoms with van der Waals surface area (Å²) in [5, 5.41) is 9.22. The van der Waals surface area contributed by atoms with Crippen LogP contribution in [0.3, 0.4) is 0 Å². The normalized spacial score (nSPS) is 12.2. The van der Waals surface area contributed by atoms with Crippen molar-refractivity contribution in [2.45, 2.75) is 12.5 Å². The van der Waals surface area contributed by atoms with E-state index < -0.39 is 0 Å². The molecule has 2 aromatic rings. The van der Waals surface area contributed by atoms with E-state index in [9.17, 15) is 9.50 Å². The van der Waals surface area contributed by atoms with Gasteiger partial charge in [0.2, 0.25) is 0 Å². The van der Waals surface area contributed by atoms with Crippen LogP contribution in [0.15, 0.2) is 48.7 Å². The van der Waals surface area contributed by atoms with Crippen LogP contribution in [0.1, 0.15) is 18.0 Å². The molecule has 0 aliphatic rings. The molecule has 0 radical (unpaired) electrons. The Morgan fingerprint density at radius 1 is 1.21 bits per heavy atom. The van der Waals surface area contributed by atoms with E-state index in [-0.39, 0.29) is 18.5 Å². The number of aromatic nitrogens is 1. The van der Waals surface area contributed by atoms with E-state index in [1.807, 2.05) is 30.3 Å². The Labute approximate surface area is 112 Å². The first-order chi connectivity index (χ1) is 9.24. The van der Waals surface area contributed by atoms with Crippen LogP contribution in [0.2, 0.25) is 0 Å². The zero-order valence-electron chi connectivity index (χ0n) is 10.8. The lowest BCUT2D eigenvalue weighted by molar-refractivity contribution is 0.274. The smallest absolute Gasteiger partial charge is 0.165 e. The standard InChI is InChI=1S/C15H17FN2O/c1-18(15-13(16)8-5-10-17-15)14(9-11-19)12-6-3-2-4-7-12/h2-8,10,14,19H,9,11H2,1H3/t14-/m1/s1. The number of anilines is 1. The molecule has 1 N–H and O–H groups in total. The summed E-state index contributed by atoms with van der Waals surface area (Å²) < 4.78 is 13.8. The third-order valence-corrected chi connectivity index (χ3v) is 3.13. The van der Waals surface area contributed by atoms with Crippen molar-refractivity contribution in [3.63, 3.8) is 0 Å². The molecule has 100 valence electrons. The number of halogens is 1. The first-order valence-electron chi connectivity index (χ1n) is 6.23. The molecule has 2 rings (SSSR count). The number of benzene rings is 1. The van der Waals surface area contributed by atoms with E-state index in [4.69, 9.17) is 0 Å². The monoisotopic (exact) mass is 260 g/mol. The third-order valence-electron chi connectivity index (χ3n) is 3.13. The zero-order valence-corrected chi connectivity index (χ0v) is 10.8. The van der Waals surface area contributed by atoms with Gasteiger partial charge in [0.15, 0.2) is 11.6 Å². The summed E-state index contributed by atoms with van der Waals surface area (Å²) in [5.74, 6) is -0.0614. The maximum atomic E-state index is 13.8. The first kappa shape index (κ1) is 13.5. The van der Waals surface area contributed by atoms with E-state index in [0.29, 0.717) is 12.2 Å². The summed E-state index contributed by atoms with van der Waals surface area (Å²) in [6.45, 7) is 0.0400. The molecule has 1 aromatic carbocycles. The Hall–Kier alpha value is -1.94.